The van der Waals surface area contributed by atoms with E-state index in [4.69, 9.17) is 0 Å². The van der Waals surface area contributed by atoms with E-state index in [0.29, 0.717) is 43.7 Å². The Morgan fingerprint density at radius 3 is 2.54 bits per heavy atom. The molecule has 2 fully saturated rings. The second-order valence-corrected chi connectivity index (χ2v) is 11.6. The minimum Gasteiger partial charge on any atom is -0.350 e. The number of carbonyl (C=O) groups excluding carboxylic acids is 1. The second kappa shape index (κ2) is 9.84. The first kappa shape index (κ1) is 24.2. The molecule has 0 unspecified atom stereocenters. The van der Waals surface area contributed by atoms with Crippen LogP contribution in [0.2, 0.25) is 0 Å². The maximum Gasteiger partial charge on any atom is 0.270 e. The third-order valence-electron chi connectivity index (χ3n) is 7.78. The van der Waals surface area contributed by atoms with Gasteiger partial charge in [0.1, 0.15) is 11.9 Å². The standard InChI is InChI=1S/C28H38FN5O/c1-28(2,3)34-16-23(14-32-34)22-9-8-21-10-11-30-26(25(21)12-22)27(35)31-13-19-4-6-20(7-5-19)15-33-17-24(29)18-33/h8-9,12,14,16,19-20,24H,4-7,10-11,13,15,17-18H2,1-3H3,(H,31,35). The number of nitrogens with zero attached hydrogens (tertiary/aromatic N) is 4. The van der Waals surface area contributed by atoms with Crippen LogP contribution in [0.4, 0.5) is 4.39 Å². The number of likely N-dealkylation sites (tertiary alicyclic amines) is 1. The predicted octanol–water partition coefficient (Wildman–Crippen LogP) is 4.23. The highest BCUT2D eigenvalue weighted by Gasteiger charge is 2.30. The molecule has 1 aromatic carbocycles. The lowest BCUT2D eigenvalue weighted by molar-refractivity contribution is -0.115. The minimum absolute atomic E-state index is 0.0647. The molecule has 0 bridgehead atoms. The number of nitrogens with one attached hydrogen (secondary N) is 1. The number of halogens is 1. The largest absolute Gasteiger partial charge is 0.350 e. The highest BCUT2D eigenvalue weighted by Crippen LogP contribution is 2.31. The van der Waals surface area contributed by atoms with Gasteiger partial charge in [-0.3, -0.25) is 19.4 Å². The third-order valence-corrected chi connectivity index (χ3v) is 7.78. The molecular formula is C28H38FN5O. The summed E-state index contributed by atoms with van der Waals surface area (Å²) in [6.07, 6.45) is 8.79. The Morgan fingerprint density at radius 2 is 1.86 bits per heavy atom. The molecule has 1 saturated heterocycles. The second-order valence-electron chi connectivity index (χ2n) is 11.6. The Hall–Kier alpha value is -2.54. The number of amides is 1. The van der Waals surface area contributed by atoms with Crippen molar-refractivity contribution in [1.82, 2.24) is 20.0 Å². The lowest BCUT2D eigenvalue weighted by Gasteiger charge is -2.39. The van der Waals surface area contributed by atoms with Crippen LogP contribution in [0.1, 0.15) is 57.6 Å². The zero-order valence-corrected chi connectivity index (χ0v) is 21.3. The lowest BCUT2D eigenvalue weighted by Crippen LogP contribution is -2.50. The van der Waals surface area contributed by atoms with Gasteiger partial charge in [0.25, 0.3) is 5.91 Å². The molecule has 35 heavy (non-hydrogen) atoms. The highest BCUT2D eigenvalue weighted by atomic mass is 19.1. The molecule has 1 amide bonds. The van der Waals surface area contributed by atoms with Crippen LogP contribution in [0.5, 0.6) is 0 Å². The Kier molecular flexibility index (Phi) is 6.80. The van der Waals surface area contributed by atoms with Gasteiger partial charge in [-0.15, -0.1) is 0 Å². The first-order valence-corrected chi connectivity index (χ1v) is 13.1. The number of carbonyl (C=O) groups is 1. The maximum absolute atomic E-state index is 13.2. The number of fused-ring (bicyclic) bond motifs is 1. The van der Waals surface area contributed by atoms with Crippen LogP contribution in [0.25, 0.3) is 11.1 Å². The Morgan fingerprint density at radius 1 is 1.11 bits per heavy atom. The van der Waals surface area contributed by atoms with Crippen molar-refractivity contribution in [3.05, 3.63) is 41.7 Å². The van der Waals surface area contributed by atoms with Gasteiger partial charge in [-0.1, -0.05) is 12.1 Å². The van der Waals surface area contributed by atoms with Crippen molar-refractivity contribution in [2.45, 2.75) is 64.6 Å². The molecule has 7 heteroatoms. The van der Waals surface area contributed by atoms with Crippen LogP contribution in [-0.4, -0.2) is 65.2 Å². The van der Waals surface area contributed by atoms with Gasteiger partial charge in [-0.2, -0.15) is 5.10 Å². The van der Waals surface area contributed by atoms with Gasteiger partial charge in [-0.05, 0) is 81.9 Å². The van der Waals surface area contributed by atoms with E-state index < -0.39 is 6.17 Å². The summed E-state index contributed by atoms with van der Waals surface area (Å²) < 4.78 is 15.0. The van der Waals surface area contributed by atoms with E-state index in [-0.39, 0.29) is 11.4 Å². The number of hydrogen-bond acceptors (Lipinski definition) is 4. The SMILES string of the molecule is CC(C)(C)n1cc(-c2ccc3c(c2)C(C(=O)NCC2CCC(CN4CC(F)C4)CC2)=NCC3)cn1. The lowest BCUT2D eigenvalue weighted by atomic mass is 9.81. The maximum atomic E-state index is 13.2. The Bertz CT molecular complexity index is 1090. The van der Waals surface area contributed by atoms with Crippen LogP contribution >= 0.6 is 0 Å². The van der Waals surface area contributed by atoms with Crippen LogP contribution in [0.3, 0.4) is 0 Å². The monoisotopic (exact) mass is 479 g/mol. The summed E-state index contributed by atoms with van der Waals surface area (Å²) >= 11 is 0. The van der Waals surface area contributed by atoms with Gasteiger partial charge in [0.05, 0.1) is 11.7 Å². The number of aromatic nitrogens is 2. The van der Waals surface area contributed by atoms with Crippen molar-refractivity contribution in [1.29, 1.82) is 0 Å². The average Bonchev–Trinajstić information content (AvgIpc) is 3.33. The molecule has 5 rings (SSSR count). The van der Waals surface area contributed by atoms with Gasteiger partial charge in [0, 0.05) is 50.0 Å². The topological polar surface area (TPSA) is 62.5 Å². The summed E-state index contributed by atoms with van der Waals surface area (Å²) in [5, 5.41) is 7.72. The van der Waals surface area contributed by atoms with Crippen molar-refractivity contribution < 1.29 is 9.18 Å². The van der Waals surface area contributed by atoms with Crippen molar-refractivity contribution >= 4 is 11.6 Å². The summed E-state index contributed by atoms with van der Waals surface area (Å²) in [4.78, 5) is 20.0. The molecule has 1 aliphatic carbocycles. The fourth-order valence-corrected chi connectivity index (χ4v) is 5.56. The molecule has 1 aromatic heterocycles. The quantitative estimate of drug-likeness (QED) is 0.675. The predicted molar refractivity (Wildman–Crippen MR) is 138 cm³/mol. The molecule has 6 nitrogen and oxygen atoms in total. The smallest absolute Gasteiger partial charge is 0.270 e. The fourth-order valence-electron chi connectivity index (χ4n) is 5.56. The fraction of sp³-hybridized carbons (Fsp3) is 0.607. The Balaban J connectivity index is 1.19. The van der Waals surface area contributed by atoms with E-state index in [2.05, 4.69) is 65.5 Å². The summed E-state index contributed by atoms with van der Waals surface area (Å²) in [6, 6.07) is 6.35. The van der Waals surface area contributed by atoms with Crippen molar-refractivity contribution in [2.75, 3.05) is 32.7 Å². The summed E-state index contributed by atoms with van der Waals surface area (Å²) in [7, 11) is 0. The van der Waals surface area contributed by atoms with Gasteiger partial charge < -0.3 is 5.32 Å². The Labute approximate surface area is 208 Å². The van der Waals surface area contributed by atoms with Gasteiger partial charge in [0.2, 0.25) is 0 Å². The first-order chi connectivity index (χ1) is 16.8. The van der Waals surface area contributed by atoms with E-state index in [1.165, 1.54) is 18.4 Å². The molecule has 2 aliphatic heterocycles. The molecular weight excluding hydrogens is 441 g/mol. The minimum atomic E-state index is -0.619. The van der Waals surface area contributed by atoms with Crippen LogP contribution in [0.15, 0.2) is 35.6 Å². The average molecular weight is 480 g/mol. The molecule has 0 radical (unpaired) electrons. The summed E-state index contributed by atoms with van der Waals surface area (Å²) in [5.41, 5.74) is 4.71. The van der Waals surface area contributed by atoms with Gasteiger partial charge in [0.15, 0.2) is 0 Å². The summed E-state index contributed by atoms with van der Waals surface area (Å²) in [5.74, 6) is 1.12. The van der Waals surface area contributed by atoms with Crippen LogP contribution < -0.4 is 5.32 Å². The number of benzene rings is 1. The van der Waals surface area contributed by atoms with Gasteiger partial charge >= 0.3 is 0 Å². The molecule has 0 spiro atoms. The van der Waals surface area contributed by atoms with E-state index in [9.17, 15) is 9.18 Å². The normalized spacial score (nSPS) is 23.4. The van der Waals surface area contributed by atoms with Gasteiger partial charge in [-0.25, -0.2) is 4.39 Å². The number of hydrogen-bond donors (Lipinski definition) is 1. The number of alkyl halides is 1. The number of rotatable bonds is 6. The van der Waals surface area contributed by atoms with E-state index in [1.54, 1.807) is 0 Å². The molecule has 188 valence electrons. The molecule has 1 saturated carbocycles. The van der Waals surface area contributed by atoms with E-state index in [0.717, 1.165) is 42.5 Å². The zero-order chi connectivity index (χ0) is 24.6. The van der Waals surface area contributed by atoms with Crippen LogP contribution in [0, 0.1) is 11.8 Å². The van der Waals surface area contributed by atoms with E-state index >= 15 is 0 Å². The van der Waals surface area contributed by atoms with E-state index in [1.807, 2.05) is 10.9 Å². The van der Waals surface area contributed by atoms with Crippen molar-refractivity contribution in [3.8, 4) is 11.1 Å². The molecule has 1 N–H and O–H groups in total. The molecule has 3 aliphatic rings. The van der Waals surface area contributed by atoms with Crippen molar-refractivity contribution in [2.24, 2.45) is 16.8 Å². The molecule has 3 heterocycles. The zero-order valence-electron chi connectivity index (χ0n) is 21.3. The first-order valence-electron chi connectivity index (χ1n) is 13.1. The third kappa shape index (κ3) is 5.50. The molecule has 2 aromatic rings. The highest BCUT2D eigenvalue weighted by molar-refractivity contribution is 6.46. The van der Waals surface area contributed by atoms with Crippen molar-refractivity contribution in [3.63, 3.8) is 0 Å². The molecule has 0 atom stereocenters. The number of aliphatic imine (C=N–C) groups is 1. The summed E-state index contributed by atoms with van der Waals surface area (Å²) in [6.45, 7) is 10.00. The van der Waals surface area contributed by atoms with Crippen LogP contribution in [-0.2, 0) is 16.8 Å².